The van der Waals surface area contributed by atoms with Crippen LogP contribution in [0.1, 0.15) is 60.0 Å². The topological polar surface area (TPSA) is 40.6 Å². The van der Waals surface area contributed by atoms with Gasteiger partial charge in [0.25, 0.3) is 5.91 Å². The van der Waals surface area contributed by atoms with Gasteiger partial charge in [-0.1, -0.05) is 6.07 Å². The average Bonchev–Trinajstić information content (AvgIpc) is 3.02. The van der Waals surface area contributed by atoms with E-state index < -0.39 is 0 Å². The van der Waals surface area contributed by atoms with Gasteiger partial charge in [0.05, 0.1) is 12.1 Å². The molecule has 1 aliphatic carbocycles. The number of rotatable bonds is 1. The molecule has 0 bridgehead atoms. The Morgan fingerprint density at radius 2 is 1.79 bits per heavy atom. The Hall–Kier alpha value is -1.84. The number of carbonyl (C=O) groups excluding carboxylic acids is 2. The summed E-state index contributed by atoms with van der Waals surface area (Å²) >= 11 is 0. The van der Waals surface area contributed by atoms with Gasteiger partial charge in [-0.05, 0) is 68.2 Å². The van der Waals surface area contributed by atoms with Crippen molar-refractivity contribution in [2.75, 3.05) is 13.6 Å². The fourth-order valence-electron chi connectivity index (χ4n) is 4.78. The van der Waals surface area contributed by atoms with Gasteiger partial charge in [0, 0.05) is 25.6 Å². The summed E-state index contributed by atoms with van der Waals surface area (Å²) < 4.78 is 0. The second kappa shape index (κ2) is 6.23. The second-order valence-corrected chi connectivity index (χ2v) is 7.51. The zero-order valence-electron chi connectivity index (χ0n) is 14.5. The number of aryl methyl sites for hydroxylation is 2. The number of likely N-dealkylation sites (N-methyl/N-ethyl adjacent to an activating group) is 1. The summed E-state index contributed by atoms with van der Waals surface area (Å²) in [7, 11) is 1.91. The number of fused-ring (bicyclic) bond motifs is 2. The van der Waals surface area contributed by atoms with E-state index in [1.165, 1.54) is 17.5 Å². The molecule has 4 nitrogen and oxygen atoms in total. The molecule has 0 spiro atoms. The van der Waals surface area contributed by atoms with Gasteiger partial charge in [0.1, 0.15) is 0 Å². The highest BCUT2D eigenvalue weighted by Crippen LogP contribution is 2.31. The predicted molar refractivity (Wildman–Crippen MR) is 92.9 cm³/mol. The van der Waals surface area contributed by atoms with Crippen molar-refractivity contribution >= 4 is 11.8 Å². The van der Waals surface area contributed by atoms with E-state index in [9.17, 15) is 9.59 Å². The SMILES string of the molecule is CN1C(=O)CCC[C@@H]2[C@H]1CCCN2C(=O)c1ccc2c(c1)CCC2. The van der Waals surface area contributed by atoms with Crippen LogP contribution in [0.25, 0.3) is 0 Å². The molecule has 2 amide bonds. The highest BCUT2D eigenvalue weighted by Gasteiger charge is 2.39. The zero-order chi connectivity index (χ0) is 16.7. The molecule has 4 heteroatoms. The molecule has 1 aromatic carbocycles. The number of piperidine rings is 1. The summed E-state index contributed by atoms with van der Waals surface area (Å²) in [5.74, 6) is 0.386. The minimum absolute atomic E-state index is 0.155. The third-order valence-corrected chi connectivity index (χ3v) is 6.13. The van der Waals surface area contributed by atoms with Crippen LogP contribution >= 0.6 is 0 Å². The predicted octanol–water partition coefficient (Wildman–Crippen LogP) is 2.79. The fraction of sp³-hybridized carbons (Fsp3) is 0.600. The molecular formula is C20H26N2O2. The summed E-state index contributed by atoms with van der Waals surface area (Å²) in [6.45, 7) is 0.819. The molecule has 4 rings (SSSR count). The van der Waals surface area contributed by atoms with E-state index in [2.05, 4.69) is 17.0 Å². The van der Waals surface area contributed by atoms with Gasteiger partial charge in [-0.2, -0.15) is 0 Å². The first-order chi connectivity index (χ1) is 11.6. The molecule has 0 aromatic heterocycles. The van der Waals surface area contributed by atoms with Crippen LogP contribution in [0.15, 0.2) is 18.2 Å². The van der Waals surface area contributed by atoms with Crippen molar-refractivity contribution in [3.05, 3.63) is 34.9 Å². The van der Waals surface area contributed by atoms with E-state index in [0.29, 0.717) is 6.42 Å². The maximum Gasteiger partial charge on any atom is 0.254 e. The van der Waals surface area contributed by atoms with Crippen LogP contribution < -0.4 is 0 Å². The Morgan fingerprint density at radius 1 is 1.00 bits per heavy atom. The molecule has 128 valence electrons. The van der Waals surface area contributed by atoms with E-state index in [4.69, 9.17) is 0 Å². The number of nitrogens with zero attached hydrogens (tertiary/aromatic N) is 2. The van der Waals surface area contributed by atoms with E-state index in [0.717, 1.165) is 50.6 Å². The van der Waals surface area contributed by atoms with E-state index in [-0.39, 0.29) is 23.9 Å². The molecular weight excluding hydrogens is 300 g/mol. The minimum atomic E-state index is 0.155. The molecule has 1 aromatic rings. The third-order valence-electron chi connectivity index (χ3n) is 6.13. The second-order valence-electron chi connectivity index (χ2n) is 7.51. The number of amides is 2. The molecule has 0 radical (unpaired) electrons. The number of benzene rings is 1. The molecule has 2 fully saturated rings. The van der Waals surface area contributed by atoms with E-state index >= 15 is 0 Å². The normalized spacial score (nSPS) is 26.8. The van der Waals surface area contributed by atoms with Gasteiger partial charge < -0.3 is 9.80 Å². The Balaban J connectivity index is 1.60. The van der Waals surface area contributed by atoms with E-state index in [1.54, 1.807) is 0 Å². The standard InChI is InChI=1S/C20H26N2O2/c1-21-17-8-4-12-22(18(17)7-3-9-19(21)23)20(24)16-11-10-14-5-2-6-15(14)13-16/h10-11,13,17-18H,2-9,12H2,1H3/t17-,18-/m1/s1. The van der Waals surface area contributed by atoms with Crippen molar-refractivity contribution in [1.82, 2.24) is 9.80 Å². The highest BCUT2D eigenvalue weighted by molar-refractivity contribution is 5.95. The Morgan fingerprint density at radius 3 is 2.67 bits per heavy atom. The van der Waals surface area contributed by atoms with Gasteiger partial charge in [0.2, 0.25) is 5.91 Å². The maximum atomic E-state index is 13.2. The van der Waals surface area contributed by atoms with Crippen LogP contribution in [0.5, 0.6) is 0 Å². The third kappa shape index (κ3) is 2.62. The van der Waals surface area contributed by atoms with Crippen molar-refractivity contribution in [2.24, 2.45) is 0 Å². The van der Waals surface area contributed by atoms with Crippen molar-refractivity contribution in [1.29, 1.82) is 0 Å². The summed E-state index contributed by atoms with van der Waals surface area (Å²) in [5, 5.41) is 0. The lowest BCUT2D eigenvalue weighted by Crippen LogP contribution is -2.56. The van der Waals surface area contributed by atoms with Crippen LogP contribution in [-0.4, -0.2) is 47.3 Å². The highest BCUT2D eigenvalue weighted by atomic mass is 16.2. The maximum absolute atomic E-state index is 13.2. The number of hydrogen-bond acceptors (Lipinski definition) is 2. The molecule has 0 saturated carbocycles. The molecule has 2 atom stereocenters. The van der Waals surface area contributed by atoms with Crippen LogP contribution in [0, 0.1) is 0 Å². The van der Waals surface area contributed by atoms with Crippen LogP contribution in [0.2, 0.25) is 0 Å². The monoisotopic (exact) mass is 326 g/mol. The Kier molecular flexibility index (Phi) is 4.07. The van der Waals surface area contributed by atoms with Gasteiger partial charge >= 0.3 is 0 Å². The summed E-state index contributed by atoms with van der Waals surface area (Å²) in [6.07, 6.45) is 7.88. The number of carbonyl (C=O) groups is 2. The van der Waals surface area contributed by atoms with Crippen LogP contribution in [-0.2, 0) is 17.6 Å². The first kappa shape index (κ1) is 15.7. The quantitative estimate of drug-likeness (QED) is 0.796. The summed E-state index contributed by atoms with van der Waals surface area (Å²) in [5.41, 5.74) is 3.58. The first-order valence-electron chi connectivity index (χ1n) is 9.33. The number of hydrogen-bond donors (Lipinski definition) is 0. The first-order valence-corrected chi connectivity index (χ1v) is 9.33. The molecule has 24 heavy (non-hydrogen) atoms. The van der Waals surface area contributed by atoms with Crippen molar-refractivity contribution < 1.29 is 9.59 Å². The van der Waals surface area contributed by atoms with Gasteiger partial charge in [-0.25, -0.2) is 0 Å². The lowest BCUT2D eigenvalue weighted by Gasteiger charge is -2.43. The van der Waals surface area contributed by atoms with Crippen molar-refractivity contribution in [2.45, 2.75) is 63.5 Å². The Labute approximate surface area is 143 Å². The van der Waals surface area contributed by atoms with Gasteiger partial charge in [0.15, 0.2) is 0 Å². The lowest BCUT2D eigenvalue weighted by atomic mass is 9.91. The van der Waals surface area contributed by atoms with Gasteiger partial charge in [-0.3, -0.25) is 9.59 Å². The van der Waals surface area contributed by atoms with E-state index in [1.807, 2.05) is 18.0 Å². The molecule has 3 aliphatic rings. The van der Waals surface area contributed by atoms with Crippen LogP contribution in [0.3, 0.4) is 0 Å². The minimum Gasteiger partial charge on any atom is -0.341 e. The number of likely N-dealkylation sites (tertiary alicyclic amines) is 2. The smallest absolute Gasteiger partial charge is 0.254 e. The molecule has 0 unspecified atom stereocenters. The van der Waals surface area contributed by atoms with Crippen LogP contribution in [0.4, 0.5) is 0 Å². The molecule has 2 aliphatic heterocycles. The molecule has 2 heterocycles. The van der Waals surface area contributed by atoms with Gasteiger partial charge in [-0.15, -0.1) is 0 Å². The average molecular weight is 326 g/mol. The molecule has 0 N–H and O–H groups in total. The summed E-state index contributed by atoms with van der Waals surface area (Å²) in [6, 6.07) is 6.62. The summed E-state index contributed by atoms with van der Waals surface area (Å²) in [4.78, 5) is 29.3. The van der Waals surface area contributed by atoms with Crippen molar-refractivity contribution in [3.8, 4) is 0 Å². The molecule has 2 saturated heterocycles. The largest absolute Gasteiger partial charge is 0.341 e. The fourth-order valence-corrected chi connectivity index (χ4v) is 4.78. The Bertz CT molecular complexity index is 670. The van der Waals surface area contributed by atoms with Crippen molar-refractivity contribution in [3.63, 3.8) is 0 Å². The zero-order valence-corrected chi connectivity index (χ0v) is 14.5. The lowest BCUT2D eigenvalue weighted by molar-refractivity contribution is -0.132.